The number of halogens is 1. The Kier molecular flexibility index (Phi) is 5.23. The zero-order chi connectivity index (χ0) is 15.4. The van der Waals surface area contributed by atoms with Crippen molar-refractivity contribution in [1.82, 2.24) is 4.90 Å². The number of benzene rings is 1. The molecule has 1 aliphatic heterocycles. The molecular formula is C16H21ClN2O2. The number of hydrogen-bond donors (Lipinski definition) is 1. The van der Waals surface area contributed by atoms with E-state index in [2.05, 4.69) is 5.32 Å². The monoisotopic (exact) mass is 308 g/mol. The summed E-state index contributed by atoms with van der Waals surface area (Å²) in [4.78, 5) is 26.3. The lowest BCUT2D eigenvalue weighted by molar-refractivity contribution is -0.137. The second-order valence-electron chi connectivity index (χ2n) is 5.84. The number of carbonyl (C=O) groups excluding carboxylic acids is 2. The van der Waals surface area contributed by atoms with Crippen LogP contribution >= 0.6 is 11.6 Å². The van der Waals surface area contributed by atoms with Crippen molar-refractivity contribution < 1.29 is 9.59 Å². The van der Waals surface area contributed by atoms with Crippen molar-refractivity contribution in [1.29, 1.82) is 0 Å². The third-order valence-electron chi connectivity index (χ3n) is 3.57. The predicted octanol–water partition coefficient (Wildman–Crippen LogP) is 3.32. The summed E-state index contributed by atoms with van der Waals surface area (Å²) >= 11 is 5.82. The molecule has 0 saturated carbocycles. The molecule has 1 saturated heterocycles. The highest BCUT2D eigenvalue weighted by Gasteiger charge is 2.33. The maximum Gasteiger partial charge on any atom is 0.247 e. The van der Waals surface area contributed by atoms with Gasteiger partial charge in [-0.1, -0.05) is 25.4 Å². The molecule has 1 N–H and O–H groups in total. The zero-order valence-corrected chi connectivity index (χ0v) is 13.2. The molecular weight excluding hydrogens is 288 g/mol. The van der Waals surface area contributed by atoms with E-state index in [4.69, 9.17) is 11.6 Å². The molecule has 0 bridgehead atoms. The highest BCUT2D eigenvalue weighted by molar-refractivity contribution is 6.30. The quantitative estimate of drug-likeness (QED) is 0.927. The van der Waals surface area contributed by atoms with Gasteiger partial charge in [0.05, 0.1) is 0 Å². The van der Waals surface area contributed by atoms with Gasteiger partial charge in [0.1, 0.15) is 6.04 Å². The van der Waals surface area contributed by atoms with E-state index < -0.39 is 0 Å². The summed E-state index contributed by atoms with van der Waals surface area (Å²) in [6.45, 7) is 4.69. The van der Waals surface area contributed by atoms with Crippen LogP contribution in [0.25, 0.3) is 0 Å². The van der Waals surface area contributed by atoms with Gasteiger partial charge in [0, 0.05) is 23.7 Å². The van der Waals surface area contributed by atoms with Gasteiger partial charge in [-0.05, 0) is 43.0 Å². The molecule has 0 unspecified atom stereocenters. The molecule has 1 atom stereocenters. The molecule has 0 aliphatic carbocycles. The van der Waals surface area contributed by atoms with Gasteiger partial charge in [-0.3, -0.25) is 9.59 Å². The topological polar surface area (TPSA) is 49.4 Å². The van der Waals surface area contributed by atoms with E-state index in [0.717, 1.165) is 12.8 Å². The van der Waals surface area contributed by atoms with Crippen molar-refractivity contribution in [3.63, 3.8) is 0 Å². The summed E-state index contributed by atoms with van der Waals surface area (Å²) in [5.41, 5.74) is 0.701. The van der Waals surface area contributed by atoms with Crippen molar-refractivity contribution in [2.75, 3.05) is 11.9 Å². The molecule has 1 heterocycles. The van der Waals surface area contributed by atoms with E-state index in [1.165, 1.54) is 0 Å². The van der Waals surface area contributed by atoms with Crippen LogP contribution in [0.3, 0.4) is 0 Å². The number of hydrogen-bond acceptors (Lipinski definition) is 2. The standard InChI is InChI=1S/C16H21ClN2O2/c1-11(2)10-15(20)19-9-3-4-14(19)16(21)18-13-7-5-12(17)6-8-13/h5-8,11,14H,3-4,9-10H2,1-2H3,(H,18,21)/t14-/m0/s1. The Hall–Kier alpha value is -1.55. The minimum absolute atomic E-state index is 0.0683. The Morgan fingerprint density at radius 2 is 2.00 bits per heavy atom. The first kappa shape index (κ1) is 15.8. The molecule has 0 aromatic heterocycles. The molecule has 1 aromatic rings. The van der Waals surface area contributed by atoms with E-state index in [1.54, 1.807) is 29.2 Å². The minimum atomic E-state index is -0.355. The summed E-state index contributed by atoms with van der Waals surface area (Å²) in [5.74, 6) is 0.253. The Balaban J connectivity index is 2.00. The molecule has 114 valence electrons. The van der Waals surface area contributed by atoms with Gasteiger partial charge < -0.3 is 10.2 Å². The van der Waals surface area contributed by atoms with Crippen LogP contribution in [-0.2, 0) is 9.59 Å². The predicted molar refractivity (Wildman–Crippen MR) is 84.3 cm³/mol. The van der Waals surface area contributed by atoms with Crippen molar-refractivity contribution >= 4 is 29.1 Å². The maximum absolute atomic E-state index is 12.4. The minimum Gasteiger partial charge on any atom is -0.331 e. The van der Waals surface area contributed by atoms with Gasteiger partial charge in [-0.2, -0.15) is 0 Å². The normalized spacial score (nSPS) is 18.1. The van der Waals surface area contributed by atoms with Crippen LogP contribution in [0, 0.1) is 5.92 Å². The maximum atomic E-state index is 12.4. The number of rotatable bonds is 4. The lowest BCUT2D eigenvalue weighted by Crippen LogP contribution is -2.43. The third-order valence-corrected chi connectivity index (χ3v) is 3.82. The summed E-state index contributed by atoms with van der Waals surface area (Å²) < 4.78 is 0. The summed E-state index contributed by atoms with van der Waals surface area (Å²) in [6.07, 6.45) is 2.09. The molecule has 5 heteroatoms. The Morgan fingerprint density at radius 1 is 1.33 bits per heavy atom. The summed E-state index contributed by atoms with van der Waals surface area (Å²) in [5, 5.41) is 3.49. The molecule has 4 nitrogen and oxygen atoms in total. The molecule has 1 aromatic carbocycles. The third kappa shape index (κ3) is 4.21. The van der Waals surface area contributed by atoms with Crippen LogP contribution in [0.1, 0.15) is 33.1 Å². The molecule has 1 fully saturated rings. The van der Waals surface area contributed by atoms with Crippen molar-refractivity contribution in [2.45, 2.75) is 39.2 Å². The first-order valence-corrected chi connectivity index (χ1v) is 7.71. The Morgan fingerprint density at radius 3 is 2.62 bits per heavy atom. The highest BCUT2D eigenvalue weighted by atomic mass is 35.5. The number of anilines is 1. The van der Waals surface area contributed by atoms with Crippen LogP contribution < -0.4 is 5.32 Å². The molecule has 0 radical (unpaired) electrons. The van der Waals surface area contributed by atoms with Crippen LogP contribution in [0.4, 0.5) is 5.69 Å². The lowest BCUT2D eigenvalue weighted by Gasteiger charge is -2.24. The van der Waals surface area contributed by atoms with E-state index >= 15 is 0 Å². The van der Waals surface area contributed by atoms with E-state index in [0.29, 0.717) is 29.6 Å². The lowest BCUT2D eigenvalue weighted by atomic mass is 10.1. The van der Waals surface area contributed by atoms with E-state index in [9.17, 15) is 9.59 Å². The number of amides is 2. The van der Waals surface area contributed by atoms with Crippen LogP contribution in [0.15, 0.2) is 24.3 Å². The van der Waals surface area contributed by atoms with Crippen LogP contribution in [0.2, 0.25) is 5.02 Å². The molecule has 21 heavy (non-hydrogen) atoms. The molecule has 1 aliphatic rings. The van der Waals surface area contributed by atoms with Gasteiger partial charge in [0.2, 0.25) is 11.8 Å². The zero-order valence-electron chi connectivity index (χ0n) is 12.4. The Bertz CT molecular complexity index is 514. The van der Waals surface area contributed by atoms with Gasteiger partial charge >= 0.3 is 0 Å². The second kappa shape index (κ2) is 6.94. The number of nitrogens with one attached hydrogen (secondary N) is 1. The van der Waals surface area contributed by atoms with Crippen molar-refractivity contribution in [2.24, 2.45) is 5.92 Å². The largest absolute Gasteiger partial charge is 0.331 e. The van der Waals surface area contributed by atoms with E-state index in [-0.39, 0.29) is 17.9 Å². The van der Waals surface area contributed by atoms with Gasteiger partial charge in [0.25, 0.3) is 0 Å². The van der Waals surface area contributed by atoms with Crippen molar-refractivity contribution in [3.8, 4) is 0 Å². The average Bonchev–Trinajstić information content (AvgIpc) is 2.90. The highest BCUT2D eigenvalue weighted by Crippen LogP contribution is 2.22. The van der Waals surface area contributed by atoms with Gasteiger partial charge in [-0.25, -0.2) is 0 Å². The first-order valence-electron chi connectivity index (χ1n) is 7.33. The summed E-state index contributed by atoms with van der Waals surface area (Å²) in [7, 11) is 0. The molecule has 0 spiro atoms. The van der Waals surface area contributed by atoms with E-state index in [1.807, 2.05) is 13.8 Å². The fraction of sp³-hybridized carbons (Fsp3) is 0.500. The van der Waals surface area contributed by atoms with Crippen LogP contribution in [-0.4, -0.2) is 29.3 Å². The number of carbonyl (C=O) groups is 2. The number of likely N-dealkylation sites (tertiary alicyclic amines) is 1. The summed E-state index contributed by atoms with van der Waals surface area (Å²) in [6, 6.07) is 6.62. The smallest absolute Gasteiger partial charge is 0.247 e. The second-order valence-corrected chi connectivity index (χ2v) is 6.28. The average molecular weight is 309 g/mol. The molecule has 2 rings (SSSR count). The van der Waals surface area contributed by atoms with Crippen molar-refractivity contribution in [3.05, 3.63) is 29.3 Å². The SMILES string of the molecule is CC(C)CC(=O)N1CCC[C@H]1C(=O)Nc1ccc(Cl)cc1. The van der Waals surface area contributed by atoms with Gasteiger partial charge in [-0.15, -0.1) is 0 Å². The molecule has 2 amide bonds. The Labute approximate surface area is 130 Å². The first-order chi connectivity index (χ1) is 9.97. The van der Waals surface area contributed by atoms with Crippen LogP contribution in [0.5, 0.6) is 0 Å². The fourth-order valence-corrected chi connectivity index (χ4v) is 2.69. The fourth-order valence-electron chi connectivity index (χ4n) is 2.56. The van der Waals surface area contributed by atoms with Gasteiger partial charge in [0.15, 0.2) is 0 Å². The number of nitrogens with zero attached hydrogens (tertiary/aromatic N) is 1.